The quantitative estimate of drug-likeness (QED) is 0.813. The average molecular weight is 279 g/mol. The molecule has 3 nitrogen and oxygen atoms in total. The molecule has 0 bridgehead atoms. The molecule has 3 atom stereocenters. The van der Waals surface area contributed by atoms with Crippen LogP contribution in [-0.4, -0.2) is 18.2 Å². The lowest BCUT2D eigenvalue weighted by Crippen LogP contribution is -2.40. The Kier molecular flexibility index (Phi) is 4.85. The van der Waals surface area contributed by atoms with Crippen LogP contribution in [0.3, 0.4) is 0 Å². The van der Waals surface area contributed by atoms with Gasteiger partial charge in [0.15, 0.2) is 0 Å². The number of alkyl carbamates (subject to hydrolysis) is 1. The molecule has 3 saturated carbocycles. The minimum absolute atomic E-state index is 0.156. The summed E-state index contributed by atoms with van der Waals surface area (Å²) in [5, 5.41) is 3.08. The Labute approximate surface area is 122 Å². The molecule has 0 unspecified atom stereocenters. The van der Waals surface area contributed by atoms with Gasteiger partial charge in [-0.3, -0.25) is 0 Å². The molecule has 114 valence electrons. The fourth-order valence-electron chi connectivity index (χ4n) is 4.54. The molecule has 3 fully saturated rings. The van der Waals surface area contributed by atoms with E-state index in [0.717, 1.165) is 37.5 Å². The van der Waals surface area contributed by atoms with Crippen LogP contribution in [0.25, 0.3) is 0 Å². The molecular formula is C17H29NO2. The van der Waals surface area contributed by atoms with Crippen LogP contribution in [-0.2, 0) is 4.74 Å². The van der Waals surface area contributed by atoms with Crippen molar-refractivity contribution < 1.29 is 9.53 Å². The van der Waals surface area contributed by atoms with E-state index in [2.05, 4.69) is 5.32 Å². The molecule has 3 aliphatic rings. The monoisotopic (exact) mass is 279 g/mol. The Balaban J connectivity index is 1.42. The fourth-order valence-corrected chi connectivity index (χ4v) is 4.54. The van der Waals surface area contributed by atoms with Gasteiger partial charge in [-0.1, -0.05) is 44.9 Å². The van der Waals surface area contributed by atoms with Crippen LogP contribution in [0, 0.1) is 11.8 Å². The zero-order valence-electron chi connectivity index (χ0n) is 12.6. The number of hydrogen-bond donors (Lipinski definition) is 1. The molecule has 3 aliphatic carbocycles. The van der Waals surface area contributed by atoms with Crippen molar-refractivity contribution in [3.63, 3.8) is 0 Å². The first kappa shape index (κ1) is 14.2. The summed E-state index contributed by atoms with van der Waals surface area (Å²) in [7, 11) is 0. The topological polar surface area (TPSA) is 38.3 Å². The lowest BCUT2D eigenvalue weighted by Gasteiger charge is -2.39. The Morgan fingerprint density at radius 3 is 2.30 bits per heavy atom. The van der Waals surface area contributed by atoms with Crippen LogP contribution in [0.1, 0.15) is 77.0 Å². The second kappa shape index (κ2) is 6.82. The highest BCUT2D eigenvalue weighted by molar-refractivity contribution is 5.67. The van der Waals surface area contributed by atoms with Crippen LogP contribution in [0.15, 0.2) is 0 Å². The first-order valence-corrected chi connectivity index (χ1v) is 8.78. The second-order valence-corrected chi connectivity index (χ2v) is 7.12. The van der Waals surface area contributed by atoms with Crippen LogP contribution in [0.5, 0.6) is 0 Å². The molecular weight excluding hydrogens is 250 g/mol. The molecule has 0 aromatic rings. The maximum absolute atomic E-state index is 12.0. The van der Waals surface area contributed by atoms with Gasteiger partial charge in [0.05, 0.1) is 0 Å². The van der Waals surface area contributed by atoms with E-state index in [1.807, 2.05) is 0 Å². The van der Waals surface area contributed by atoms with Crippen LogP contribution < -0.4 is 5.32 Å². The Bertz CT molecular complexity index is 325. The van der Waals surface area contributed by atoms with Crippen molar-refractivity contribution in [2.45, 2.75) is 89.2 Å². The molecule has 1 N–H and O–H groups in total. The maximum atomic E-state index is 12.0. The molecule has 0 saturated heterocycles. The van der Waals surface area contributed by atoms with Gasteiger partial charge in [0.25, 0.3) is 0 Å². The molecule has 0 radical (unpaired) electrons. The van der Waals surface area contributed by atoms with Crippen molar-refractivity contribution in [1.29, 1.82) is 0 Å². The zero-order chi connectivity index (χ0) is 13.8. The number of carbonyl (C=O) groups excluding carboxylic acids is 1. The number of rotatable bonds is 2. The highest BCUT2D eigenvalue weighted by Gasteiger charge is 2.33. The summed E-state index contributed by atoms with van der Waals surface area (Å²) < 4.78 is 5.69. The molecule has 0 spiro atoms. The molecule has 1 amide bonds. The first-order valence-electron chi connectivity index (χ1n) is 8.78. The van der Waals surface area contributed by atoms with Gasteiger partial charge in [-0.2, -0.15) is 0 Å². The van der Waals surface area contributed by atoms with Gasteiger partial charge in [-0.15, -0.1) is 0 Å². The third-order valence-corrected chi connectivity index (χ3v) is 5.69. The summed E-state index contributed by atoms with van der Waals surface area (Å²) in [6.07, 6.45) is 15.1. The Hall–Kier alpha value is -0.730. The second-order valence-electron chi connectivity index (χ2n) is 7.12. The number of fused-ring (bicyclic) bond motifs is 1. The van der Waals surface area contributed by atoms with Crippen molar-refractivity contribution in [2.24, 2.45) is 11.8 Å². The predicted molar refractivity (Wildman–Crippen MR) is 79.6 cm³/mol. The molecule has 0 aromatic heterocycles. The van der Waals surface area contributed by atoms with Gasteiger partial charge in [0.1, 0.15) is 6.10 Å². The van der Waals surface area contributed by atoms with Gasteiger partial charge in [0.2, 0.25) is 0 Å². The summed E-state index contributed by atoms with van der Waals surface area (Å²) in [6, 6.07) is 0.363. The number of hydrogen-bond acceptors (Lipinski definition) is 2. The van der Waals surface area contributed by atoms with Crippen LogP contribution in [0.4, 0.5) is 4.79 Å². The zero-order valence-corrected chi connectivity index (χ0v) is 12.6. The van der Waals surface area contributed by atoms with Gasteiger partial charge in [0, 0.05) is 6.04 Å². The third kappa shape index (κ3) is 3.67. The predicted octanol–water partition coefficient (Wildman–Crippen LogP) is 4.40. The minimum atomic E-state index is -0.156. The van der Waals surface area contributed by atoms with Gasteiger partial charge in [-0.05, 0) is 43.9 Å². The standard InChI is InChI=1S/C17H29NO2/c19-17(18-15-8-2-1-3-9-15)20-16-11-10-13-6-4-5-7-14(13)12-16/h13-16H,1-12H2,(H,18,19)/t13-,14-,16-/m1/s1. The van der Waals surface area contributed by atoms with E-state index in [4.69, 9.17) is 4.74 Å². The van der Waals surface area contributed by atoms with Gasteiger partial charge in [-0.25, -0.2) is 4.79 Å². The number of ether oxygens (including phenoxy) is 1. The number of carbonyl (C=O) groups is 1. The summed E-state index contributed by atoms with van der Waals surface area (Å²) in [5.74, 6) is 1.75. The van der Waals surface area contributed by atoms with Crippen molar-refractivity contribution >= 4 is 6.09 Å². The highest BCUT2D eigenvalue weighted by Crippen LogP contribution is 2.41. The SMILES string of the molecule is O=C(NC1CCCCC1)O[C@@H]1CC[C@H]2CCCC[C@@H]2C1. The van der Waals surface area contributed by atoms with E-state index in [0.29, 0.717) is 6.04 Å². The van der Waals surface area contributed by atoms with E-state index in [1.165, 1.54) is 51.4 Å². The van der Waals surface area contributed by atoms with Crippen LogP contribution in [0.2, 0.25) is 0 Å². The average Bonchev–Trinajstić information content (AvgIpc) is 2.48. The van der Waals surface area contributed by atoms with Crippen LogP contribution >= 0.6 is 0 Å². The van der Waals surface area contributed by atoms with Crippen molar-refractivity contribution in [3.8, 4) is 0 Å². The smallest absolute Gasteiger partial charge is 0.407 e. The normalized spacial score (nSPS) is 35.1. The Morgan fingerprint density at radius 1 is 0.800 bits per heavy atom. The van der Waals surface area contributed by atoms with E-state index in [-0.39, 0.29) is 12.2 Å². The van der Waals surface area contributed by atoms with Crippen molar-refractivity contribution in [3.05, 3.63) is 0 Å². The molecule has 3 rings (SSSR count). The number of amides is 1. The number of nitrogens with one attached hydrogen (secondary N) is 1. The van der Waals surface area contributed by atoms with E-state index in [1.54, 1.807) is 0 Å². The molecule has 0 aromatic carbocycles. The summed E-state index contributed by atoms with van der Waals surface area (Å²) >= 11 is 0. The van der Waals surface area contributed by atoms with E-state index < -0.39 is 0 Å². The molecule has 0 heterocycles. The molecule has 0 aliphatic heterocycles. The highest BCUT2D eigenvalue weighted by atomic mass is 16.6. The summed E-state index contributed by atoms with van der Waals surface area (Å²) in [4.78, 5) is 12.0. The summed E-state index contributed by atoms with van der Waals surface area (Å²) in [5.41, 5.74) is 0. The lowest BCUT2D eigenvalue weighted by atomic mass is 9.70. The Morgan fingerprint density at radius 2 is 1.50 bits per heavy atom. The minimum Gasteiger partial charge on any atom is -0.446 e. The van der Waals surface area contributed by atoms with Gasteiger partial charge < -0.3 is 10.1 Å². The maximum Gasteiger partial charge on any atom is 0.407 e. The molecule has 3 heteroatoms. The van der Waals surface area contributed by atoms with Crippen molar-refractivity contribution in [1.82, 2.24) is 5.32 Å². The van der Waals surface area contributed by atoms with Gasteiger partial charge >= 0.3 is 6.09 Å². The largest absolute Gasteiger partial charge is 0.446 e. The van der Waals surface area contributed by atoms with E-state index in [9.17, 15) is 4.79 Å². The molecule has 20 heavy (non-hydrogen) atoms. The first-order chi connectivity index (χ1) is 9.81. The van der Waals surface area contributed by atoms with E-state index >= 15 is 0 Å². The lowest BCUT2D eigenvalue weighted by molar-refractivity contribution is 0.0257. The third-order valence-electron chi connectivity index (χ3n) is 5.69. The summed E-state index contributed by atoms with van der Waals surface area (Å²) in [6.45, 7) is 0. The fraction of sp³-hybridized carbons (Fsp3) is 0.941. The van der Waals surface area contributed by atoms with Crippen molar-refractivity contribution in [2.75, 3.05) is 0 Å².